The van der Waals surface area contributed by atoms with Crippen molar-refractivity contribution in [3.8, 4) is 0 Å². The number of carbonyl (C=O) groups excluding carboxylic acids is 1. The van der Waals surface area contributed by atoms with Crippen molar-refractivity contribution in [2.75, 3.05) is 0 Å². The quantitative estimate of drug-likeness (QED) is 0.643. The molecule has 98 valence electrons. The lowest BCUT2D eigenvalue weighted by Gasteiger charge is -2.06. The molecule has 1 aromatic heterocycles. The van der Waals surface area contributed by atoms with Crippen LogP contribution in [0.1, 0.15) is 21.7 Å². The van der Waals surface area contributed by atoms with E-state index in [1.165, 1.54) is 6.07 Å². The second-order valence-electron chi connectivity index (χ2n) is 3.83. The van der Waals surface area contributed by atoms with Crippen LogP contribution in [0.25, 0.3) is 0 Å². The second-order valence-corrected chi connectivity index (χ2v) is 4.58. The fraction of sp³-hybridized carbons (Fsp3) is 0.154. The lowest BCUT2D eigenvalue weighted by molar-refractivity contribution is 0.0465. The minimum Gasteiger partial charge on any atom is -0.456 e. The molecule has 0 radical (unpaired) electrons. The fourth-order valence-corrected chi connectivity index (χ4v) is 1.88. The van der Waals surface area contributed by atoms with Gasteiger partial charge in [0.1, 0.15) is 6.61 Å². The highest BCUT2D eigenvalue weighted by Gasteiger charge is 2.12. The maximum absolute atomic E-state index is 11.8. The molecule has 0 aliphatic carbocycles. The summed E-state index contributed by atoms with van der Waals surface area (Å²) in [5, 5.41) is 0.567. The van der Waals surface area contributed by atoms with Crippen LogP contribution in [0.5, 0.6) is 0 Å². The fourth-order valence-electron chi connectivity index (χ4n) is 1.47. The molecule has 6 heteroatoms. The van der Waals surface area contributed by atoms with E-state index in [1.807, 2.05) is 6.07 Å². The van der Waals surface area contributed by atoms with Gasteiger partial charge in [0.2, 0.25) is 5.28 Å². The van der Waals surface area contributed by atoms with Gasteiger partial charge in [-0.15, -0.1) is 0 Å². The summed E-state index contributed by atoms with van der Waals surface area (Å²) >= 11 is 11.7. The van der Waals surface area contributed by atoms with E-state index in [0.29, 0.717) is 10.7 Å². The summed E-state index contributed by atoms with van der Waals surface area (Å²) in [6, 6.07) is 8.66. The van der Waals surface area contributed by atoms with Gasteiger partial charge >= 0.3 is 5.97 Å². The number of nitrogens with zero attached hydrogens (tertiary/aromatic N) is 2. The molecule has 4 nitrogen and oxygen atoms in total. The first-order valence-corrected chi connectivity index (χ1v) is 6.23. The summed E-state index contributed by atoms with van der Waals surface area (Å²) in [5.74, 6) is -0.563. The number of hydrogen-bond acceptors (Lipinski definition) is 4. The van der Waals surface area contributed by atoms with E-state index in [1.54, 1.807) is 25.1 Å². The van der Waals surface area contributed by atoms with Crippen LogP contribution in [0.4, 0.5) is 0 Å². The zero-order chi connectivity index (χ0) is 13.8. The lowest BCUT2D eigenvalue weighted by atomic mass is 10.2. The molecule has 0 aliphatic rings. The minimum absolute atomic E-state index is 0.0182. The number of carbonyl (C=O) groups is 1. The molecule has 0 N–H and O–H groups in total. The van der Waals surface area contributed by atoms with Gasteiger partial charge in [0.25, 0.3) is 0 Å². The SMILES string of the molecule is Cc1cc(C(=O)OCc2ccccc2Cl)nc(Cl)n1. The van der Waals surface area contributed by atoms with Crippen LogP contribution in [-0.4, -0.2) is 15.9 Å². The van der Waals surface area contributed by atoms with Crippen molar-refractivity contribution in [3.05, 3.63) is 57.6 Å². The molecule has 19 heavy (non-hydrogen) atoms. The summed E-state index contributed by atoms with van der Waals surface area (Å²) in [6.45, 7) is 1.80. The molecule has 1 aromatic carbocycles. The molecule has 0 atom stereocenters. The van der Waals surface area contributed by atoms with Gasteiger partial charge in [-0.25, -0.2) is 14.8 Å². The molecule has 1 heterocycles. The first kappa shape index (κ1) is 13.8. The summed E-state index contributed by atoms with van der Waals surface area (Å²) < 4.78 is 5.13. The minimum atomic E-state index is -0.563. The van der Waals surface area contributed by atoms with E-state index in [0.717, 1.165) is 5.56 Å². The van der Waals surface area contributed by atoms with Crippen LogP contribution < -0.4 is 0 Å². The Labute approximate surface area is 120 Å². The van der Waals surface area contributed by atoms with Crippen LogP contribution in [0.2, 0.25) is 10.3 Å². The molecule has 0 bridgehead atoms. The largest absolute Gasteiger partial charge is 0.456 e. The van der Waals surface area contributed by atoms with E-state index in [-0.39, 0.29) is 17.6 Å². The van der Waals surface area contributed by atoms with Crippen molar-refractivity contribution in [1.82, 2.24) is 9.97 Å². The maximum Gasteiger partial charge on any atom is 0.357 e. The third-order valence-corrected chi connectivity index (χ3v) is 2.89. The molecule has 2 rings (SSSR count). The molecule has 0 saturated heterocycles. The number of benzene rings is 1. The highest BCUT2D eigenvalue weighted by atomic mass is 35.5. The van der Waals surface area contributed by atoms with Gasteiger partial charge < -0.3 is 4.74 Å². The topological polar surface area (TPSA) is 52.1 Å². The van der Waals surface area contributed by atoms with Gasteiger partial charge in [-0.2, -0.15) is 0 Å². The van der Waals surface area contributed by atoms with Gasteiger partial charge in [0, 0.05) is 16.3 Å². The monoisotopic (exact) mass is 296 g/mol. The Morgan fingerprint density at radius 3 is 2.68 bits per heavy atom. The van der Waals surface area contributed by atoms with Gasteiger partial charge in [0.15, 0.2) is 5.69 Å². The van der Waals surface area contributed by atoms with Crippen molar-refractivity contribution in [2.45, 2.75) is 13.5 Å². The van der Waals surface area contributed by atoms with Crippen LogP contribution >= 0.6 is 23.2 Å². The Balaban J connectivity index is 2.08. The van der Waals surface area contributed by atoms with E-state index in [4.69, 9.17) is 27.9 Å². The van der Waals surface area contributed by atoms with Crippen LogP contribution in [0.15, 0.2) is 30.3 Å². The molecule has 0 spiro atoms. The molecule has 0 amide bonds. The normalized spacial score (nSPS) is 10.3. The molecule has 0 unspecified atom stereocenters. The maximum atomic E-state index is 11.8. The first-order valence-electron chi connectivity index (χ1n) is 5.48. The third-order valence-electron chi connectivity index (χ3n) is 2.35. The molecule has 0 fully saturated rings. The van der Waals surface area contributed by atoms with Crippen molar-refractivity contribution in [1.29, 1.82) is 0 Å². The van der Waals surface area contributed by atoms with E-state index >= 15 is 0 Å². The van der Waals surface area contributed by atoms with Crippen molar-refractivity contribution < 1.29 is 9.53 Å². The number of aromatic nitrogens is 2. The summed E-state index contributed by atoms with van der Waals surface area (Å²) in [7, 11) is 0. The zero-order valence-electron chi connectivity index (χ0n) is 10.1. The van der Waals surface area contributed by atoms with Crippen LogP contribution in [0.3, 0.4) is 0 Å². The van der Waals surface area contributed by atoms with Gasteiger partial charge in [-0.05, 0) is 30.7 Å². The van der Waals surface area contributed by atoms with Crippen LogP contribution in [0, 0.1) is 6.92 Å². The number of ether oxygens (including phenoxy) is 1. The Morgan fingerprint density at radius 1 is 1.26 bits per heavy atom. The lowest BCUT2D eigenvalue weighted by Crippen LogP contribution is -2.09. The Bertz CT molecular complexity index is 597. The average molecular weight is 297 g/mol. The Hall–Kier alpha value is -1.65. The van der Waals surface area contributed by atoms with Crippen molar-refractivity contribution in [2.24, 2.45) is 0 Å². The second kappa shape index (κ2) is 5.99. The highest BCUT2D eigenvalue weighted by molar-refractivity contribution is 6.31. The number of aryl methyl sites for hydroxylation is 1. The van der Waals surface area contributed by atoms with Crippen molar-refractivity contribution >= 4 is 29.2 Å². The summed E-state index contributed by atoms with van der Waals surface area (Å²) in [4.78, 5) is 19.5. The Morgan fingerprint density at radius 2 is 2.00 bits per heavy atom. The summed E-state index contributed by atoms with van der Waals surface area (Å²) in [6.07, 6.45) is 0. The molecule has 0 saturated carbocycles. The summed E-state index contributed by atoms with van der Waals surface area (Å²) in [5.41, 5.74) is 1.46. The number of halogens is 2. The third kappa shape index (κ3) is 3.66. The van der Waals surface area contributed by atoms with Crippen LogP contribution in [-0.2, 0) is 11.3 Å². The first-order chi connectivity index (χ1) is 9.06. The van der Waals surface area contributed by atoms with Gasteiger partial charge in [0.05, 0.1) is 0 Å². The molecule has 0 aliphatic heterocycles. The predicted octanol–water partition coefficient (Wildman–Crippen LogP) is 3.45. The average Bonchev–Trinajstić information content (AvgIpc) is 2.36. The molecular formula is C13H10Cl2N2O2. The highest BCUT2D eigenvalue weighted by Crippen LogP contribution is 2.16. The number of esters is 1. The van der Waals surface area contributed by atoms with Gasteiger partial charge in [-0.1, -0.05) is 29.8 Å². The van der Waals surface area contributed by atoms with E-state index in [2.05, 4.69) is 9.97 Å². The van der Waals surface area contributed by atoms with Crippen molar-refractivity contribution in [3.63, 3.8) is 0 Å². The molecule has 2 aromatic rings. The van der Waals surface area contributed by atoms with E-state index in [9.17, 15) is 4.79 Å². The molecular weight excluding hydrogens is 287 g/mol. The van der Waals surface area contributed by atoms with E-state index < -0.39 is 5.97 Å². The Kier molecular flexibility index (Phi) is 4.35. The number of rotatable bonds is 3. The predicted molar refractivity (Wildman–Crippen MR) is 72.4 cm³/mol. The van der Waals surface area contributed by atoms with Gasteiger partial charge in [-0.3, -0.25) is 0 Å². The smallest absolute Gasteiger partial charge is 0.357 e. The zero-order valence-corrected chi connectivity index (χ0v) is 11.6. The standard InChI is InChI=1S/C13H10Cl2N2O2/c1-8-6-11(17-13(15)16-8)12(18)19-7-9-4-2-3-5-10(9)14/h2-6H,7H2,1H3. The number of hydrogen-bond donors (Lipinski definition) is 0.